The van der Waals surface area contributed by atoms with Crippen LogP contribution >= 0.6 is 0 Å². The Morgan fingerprint density at radius 2 is 1.82 bits per heavy atom. The molecule has 0 spiro atoms. The fourth-order valence-electron chi connectivity index (χ4n) is 1.93. The minimum absolute atomic E-state index is 0.0547. The summed E-state index contributed by atoms with van der Waals surface area (Å²) in [6.45, 7) is 3.47. The Kier molecular flexibility index (Phi) is 4.82. The van der Waals surface area contributed by atoms with Gasteiger partial charge in [-0.2, -0.15) is 0 Å². The SMILES string of the molecule is CCS(=O)(=O)Nc1ccccc1C(=O)Nc1cccc(C)c1. The number of benzene rings is 2. The number of anilines is 2. The van der Waals surface area contributed by atoms with E-state index in [0.717, 1.165) is 5.56 Å². The van der Waals surface area contributed by atoms with Gasteiger partial charge in [-0.3, -0.25) is 9.52 Å². The highest BCUT2D eigenvalue weighted by atomic mass is 32.2. The first-order valence-corrected chi connectivity index (χ1v) is 8.54. The van der Waals surface area contributed by atoms with Crippen LogP contribution in [0.25, 0.3) is 0 Å². The molecule has 0 radical (unpaired) electrons. The van der Waals surface area contributed by atoms with Crippen LogP contribution in [0, 0.1) is 6.92 Å². The summed E-state index contributed by atoms with van der Waals surface area (Å²) < 4.78 is 25.8. The van der Waals surface area contributed by atoms with E-state index < -0.39 is 10.0 Å². The van der Waals surface area contributed by atoms with Crippen LogP contribution in [0.15, 0.2) is 48.5 Å². The van der Waals surface area contributed by atoms with Gasteiger partial charge in [-0.1, -0.05) is 24.3 Å². The molecule has 0 aliphatic rings. The molecule has 6 heteroatoms. The molecule has 0 unspecified atom stereocenters. The summed E-state index contributed by atoms with van der Waals surface area (Å²) in [7, 11) is -3.44. The Morgan fingerprint density at radius 1 is 1.09 bits per heavy atom. The van der Waals surface area contributed by atoms with Crippen molar-refractivity contribution in [2.75, 3.05) is 15.8 Å². The van der Waals surface area contributed by atoms with E-state index in [1.165, 1.54) is 6.92 Å². The van der Waals surface area contributed by atoms with Crippen LogP contribution in [-0.4, -0.2) is 20.1 Å². The van der Waals surface area contributed by atoms with E-state index in [9.17, 15) is 13.2 Å². The first-order valence-electron chi connectivity index (χ1n) is 6.89. The van der Waals surface area contributed by atoms with Crippen molar-refractivity contribution >= 4 is 27.3 Å². The van der Waals surface area contributed by atoms with E-state index >= 15 is 0 Å². The first kappa shape index (κ1) is 16.0. The zero-order valence-electron chi connectivity index (χ0n) is 12.5. The number of amides is 1. The molecule has 0 bridgehead atoms. The number of rotatable bonds is 5. The summed E-state index contributed by atoms with van der Waals surface area (Å²) in [6.07, 6.45) is 0. The normalized spacial score (nSPS) is 11.0. The largest absolute Gasteiger partial charge is 0.322 e. The number of carbonyl (C=O) groups is 1. The lowest BCUT2D eigenvalue weighted by molar-refractivity contribution is 0.102. The van der Waals surface area contributed by atoms with Gasteiger partial charge in [-0.15, -0.1) is 0 Å². The van der Waals surface area contributed by atoms with Crippen molar-refractivity contribution in [3.63, 3.8) is 0 Å². The second-order valence-electron chi connectivity index (χ2n) is 4.87. The van der Waals surface area contributed by atoms with Gasteiger partial charge in [0.15, 0.2) is 0 Å². The molecule has 0 aromatic heterocycles. The van der Waals surface area contributed by atoms with Crippen molar-refractivity contribution < 1.29 is 13.2 Å². The van der Waals surface area contributed by atoms with Crippen molar-refractivity contribution in [2.24, 2.45) is 0 Å². The van der Waals surface area contributed by atoms with Gasteiger partial charge in [-0.05, 0) is 43.7 Å². The maximum absolute atomic E-state index is 12.4. The third kappa shape index (κ3) is 4.08. The van der Waals surface area contributed by atoms with E-state index in [2.05, 4.69) is 10.0 Å². The molecule has 0 saturated heterocycles. The molecule has 0 heterocycles. The smallest absolute Gasteiger partial charge is 0.257 e. The molecule has 0 aliphatic carbocycles. The van der Waals surface area contributed by atoms with Crippen LogP contribution in [0.3, 0.4) is 0 Å². The van der Waals surface area contributed by atoms with Crippen LogP contribution in [0.4, 0.5) is 11.4 Å². The summed E-state index contributed by atoms with van der Waals surface area (Å²) in [6, 6.07) is 13.9. The lowest BCUT2D eigenvalue weighted by Crippen LogP contribution is -2.19. The second kappa shape index (κ2) is 6.62. The van der Waals surface area contributed by atoms with Crippen LogP contribution in [0.2, 0.25) is 0 Å². The van der Waals surface area contributed by atoms with Gasteiger partial charge in [0.1, 0.15) is 0 Å². The molecular formula is C16H18N2O3S. The quantitative estimate of drug-likeness (QED) is 0.890. The molecule has 0 saturated carbocycles. The minimum atomic E-state index is -3.44. The number of sulfonamides is 1. The van der Waals surface area contributed by atoms with Gasteiger partial charge in [0.05, 0.1) is 17.0 Å². The molecule has 22 heavy (non-hydrogen) atoms. The topological polar surface area (TPSA) is 75.3 Å². The summed E-state index contributed by atoms with van der Waals surface area (Å²) in [5.41, 5.74) is 2.24. The Morgan fingerprint density at radius 3 is 2.50 bits per heavy atom. The molecule has 116 valence electrons. The zero-order valence-corrected chi connectivity index (χ0v) is 13.3. The van der Waals surface area contributed by atoms with Crippen molar-refractivity contribution in [3.8, 4) is 0 Å². The molecule has 0 atom stereocenters. The molecule has 0 aliphatic heterocycles. The third-order valence-electron chi connectivity index (χ3n) is 3.09. The molecule has 1 amide bonds. The number of hydrogen-bond acceptors (Lipinski definition) is 3. The number of nitrogens with one attached hydrogen (secondary N) is 2. The predicted octanol–water partition coefficient (Wildman–Crippen LogP) is 3.01. The van der Waals surface area contributed by atoms with E-state index in [1.807, 2.05) is 25.1 Å². The Labute approximate surface area is 130 Å². The van der Waals surface area contributed by atoms with Gasteiger partial charge >= 0.3 is 0 Å². The molecule has 0 fully saturated rings. The molecule has 2 aromatic carbocycles. The second-order valence-corrected chi connectivity index (χ2v) is 6.89. The number of hydrogen-bond donors (Lipinski definition) is 2. The van der Waals surface area contributed by atoms with Gasteiger partial charge in [0.25, 0.3) is 5.91 Å². The molecule has 2 N–H and O–H groups in total. The highest BCUT2D eigenvalue weighted by molar-refractivity contribution is 7.92. The van der Waals surface area contributed by atoms with Crippen LogP contribution in [0.1, 0.15) is 22.8 Å². The van der Waals surface area contributed by atoms with Crippen molar-refractivity contribution in [3.05, 3.63) is 59.7 Å². The lowest BCUT2D eigenvalue weighted by atomic mass is 10.1. The Bertz CT molecular complexity index is 785. The van der Waals surface area contributed by atoms with Crippen LogP contribution in [0.5, 0.6) is 0 Å². The van der Waals surface area contributed by atoms with Crippen molar-refractivity contribution in [1.82, 2.24) is 0 Å². The summed E-state index contributed by atoms with van der Waals surface area (Å²) in [5.74, 6) is -0.416. The van der Waals surface area contributed by atoms with E-state index in [-0.39, 0.29) is 22.9 Å². The van der Waals surface area contributed by atoms with Crippen LogP contribution in [-0.2, 0) is 10.0 Å². The van der Waals surface area contributed by atoms with E-state index in [0.29, 0.717) is 5.69 Å². The summed E-state index contributed by atoms with van der Waals surface area (Å²) in [5, 5.41) is 2.77. The molecule has 5 nitrogen and oxygen atoms in total. The molecular weight excluding hydrogens is 300 g/mol. The monoisotopic (exact) mass is 318 g/mol. The minimum Gasteiger partial charge on any atom is -0.322 e. The Balaban J connectivity index is 2.27. The number of carbonyl (C=O) groups excluding carboxylic acids is 1. The predicted molar refractivity (Wildman–Crippen MR) is 88.7 cm³/mol. The number of aryl methyl sites for hydroxylation is 1. The zero-order chi connectivity index (χ0) is 16.2. The van der Waals surface area contributed by atoms with Gasteiger partial charge in [0.2, 0.25) is 10.0 Å². The highest BCUT2D eigenvalue weighted by Gasteiger charge is 2.15. The van der Waals surface area contributed by atoms with E-state index in [1.54, 1.807) is 30.3 Å². The van der Waals surface area contributed by atoms with Gasteiger partial charge < -0.3 is 5.32 Å². The standard InChI is InChI=1S/C16H18N2O3S/c1-3-22(20,21)18-15-10-5-4-9-14(15)16(19)17-13-8-6-7-12(2)11-13/h4-11,18H,3H2,1-2H3,(H,17,19). The summed E-state index contributed by atoms with van der Waals surface area (Å²) >= 11 is 0. The molecule has 2 aromatic rings. The highest BCUT2D eigenvalue weighted by Crippen LogP contribution is 2.19. The fourth-order valence-corrected chi connectivity index (χ4v) is 2.59. The molecule has 2 rings (SSSR count). The lowest BCUT2D eigenvalue weighted by Gasteiger charge is -2.12. The fraction of sp³-hybridized carbons (Fsp3) is 0.188. The average Bonchev–Trinajstić information content (AvgIpc) is 2.47. The van der Waals surface area contributed by atoms with Crippen LogP contribution < -0.4 is 10.0 Å². The van der Waals surface area contributed by atoms with Crippen molar-refractivity contribution in [2.45, 2.75) is 13.8 Å². The van der Waals surface area contributed by atoms with Crippen molar-refractivity contribution in [1.29, 1.82) is 0 Å². The van der Waals surface area contributed by atoms with Gasteiger partial charge in [-0.25, -0.2) is 8.42 Å². The number of para-hydroxylation sites is 1. The Hall–Kier alpha value is -2.34. The average molecular weight is 318 g/mol. The first-order chi connectivity index (χ1) is 10.4. The maximum Gasteiger partial charge on any atom is 0.257 e. The van der Waals surface area contributed by atoms with Gasteiger partial charge in [0, 0.05) is 5.69 Å². The maximum atomic E-state index is 12.4. The summed E-state index contributed by atoms with van der Waals surface area (Å²) in [4.78, 5) is 12.4. The van der Waals surface area contributed by atoms with E-state index in [4.69, 9.17) is 0 Å². The third-order valence-corrected chi connectivity index (χ3v) is 4.38.